The van der Waals surface area contributed by atoms with Crippen LogP contribution in [-0.2, 0) is 23.9 Å². The summed E-state index contributed by atoms with van der Waals surface area (Å²) in [5.74, 6) is -3.78. The van der Waals surface area contributed by atoms with E-state index in [1.807, 2.05) is 0 Å². The average Bonchev–Trinajstić information content (AvgIpc) is 2.49. The van der Waals surface area contributed by atoms with Crippen LogP contribution in [0.1, 0.15) is 77.6 Å². The zero-order chi connectivity index (χ0) is 18.4. The highest BCUT2D eigenvalue weighted by molar-refractivity contribution is 7.88. The first-order valence-electron chi connectivity index (χ1n) is 8.60. The van der Waals surface area contributed by atoms with E-state index in [1.165, 1.54) is 32.1 Å². The molecule has 0 spiro atoms. The average molecular weight is 401 g/mol. The van der Waals surface area contributed by atoms with Crippen LogP contribution in [0.3, 0.4) is 0 Å². The molecule has 0 rings (SSSR count). The number of rotatable bonds is 16. The number of hydrogen-bond acceptors (Lipinski definition) is 7. The van der Waals surface area contributed by atoms with E-state index in [-0.39, 0.29) is 18.9 Å². The maximum atomic E-state index is 11.6. The molecule has 0 aromatic carbocycles. The third kappa shape index (κ3) is 15.1. The molecular weight excluding hydrogens is 364 g/mol. The molecule has 0 saturated heterocycles. The standard InChI is InChI=1S/C16H30O7S.2H3N/c1-2-3-4-5-6-7-8-9-10-11-12-23-24(21,22)14(16(19)20)13-15(17)18;;/h14H,2-13H2,1H3,(H,17,18)(H,19,20);2*1H3. The summed E-state index contributed by atoms with van der Waals surface area (Å²) in [6, 6.07) is 0. The van der Waals surface area contributed by atoms with Crippen LogP contribution in [0.25, 0.3) is 0 Å². The Morgan fingerprint density at radius 1 is 0.846 bits per heavy atom. The zero-order valence-electron chi connectivity index (χ0n) is 16.3. The van der Waals surface area contributed by atoms with E-state index in [2.05, 4.69) is 11.1 Å². The van der Waals surface area contributed by atoms with Crippen LogP contribution >= 0.6 is 0 Å². The van der Waals surface area contributed by atoms with Gasteiger partial charge in [0.2, 0.25) is 0 Å². The van der Waals surface area contributed by atoms with Crippen molar-refractivity contribution in [2.45, 2.75) is 82.8 Å². The highest BCUT2D eigenvalue weighted by atomic mass is 32.2. The Kier molecular flexibility index (Phi) is 19.5. The lowest BCUT2D eigenvalue weighted by Crippen LogP contribution is -2.45. The van der Waals surface area contributed by atoms with E-state index in [9.17, 15) is 28.2 Å². The highest BCUT2D eigenvalue weighted by Gasteiger charge is 2.27. The monoisotopic (exact) mass is 400 g/mol. The first kappa shape index (κ1) is 29.5. The van der Waals surface area contributed by atoms with E-state index in [1.54, 1.807) is 0 Å². The van der Waals surface area contributed by atoms with Crippen molar-refractivity contribution in [3.63, 3.8) is 0 Å². The minimum Gasteiger partial charge on any atom is -0.550 e. The third-order valence-electron chi connectivity index (χ3n) is 3.71. The summed E-state index contributed by atoms with van der Waals surface area (Å²) in [5, 5.41) is 18.9. The van der Waals surface area contributed by atoms with E-state index in [0.29, 0.717) is 6.42 Å². The summed E-state index contributed by atoms with van der Waals surface area (Å²) in [7, 11) is -4.51. The summed E-state index contributed by atoms with van der Waals surface area (Å²) in [4.78, 5) is 21.1. The van der Waals surface area contributed by atoms with Crippen molar-refractivity contribution < 1.29 is 32.4 Å². The molecule has 0 heterocycles. The fourth-order valence-electron chi connectivity index (χ4n) is 2.30. The molecule has 0 saturated carbocycles. The van der Waals surface area contributed by atoms with Gasteiger partial charge in [-0.25, -0.2) is 0 Å². The summed E-state index contributed by atoms with van der Waals surface area (Å²) < 4.78 is 27.9. The second-order valence-electron chi connectivity index (χ2n) is 5.88. The zero-order valence-corrected chi connectivity index (χ0v) is 17.1. The van der Waals surface area contributed by atoms with Gasteiger partial charge in [-0.2, -0.15) is 8.42 Å². The van der Waals surface area contributed by atoms with Crippen molar-refractivity contribution >= 4 is 22.1 Å². The Balaban J connectivity index is -0.00000264. The third-order valence-corrected chi connectivity index (χ3v) is 5.26. The Morgan fingerprint density at radius 2 is 1.27 bits per heavy atom. The molecule has 10 heteroatoms. The van der Waals surface area contributed by atoms with Gasteiger partial charge in [-0.15, -0.1) is 0 Å². The van der Waals surface area contributed by atoms with Crippen LogP contribution in [0.15, 0.2) is 0 Å². The Labute approximate surface area is 156 Å². The van der Waals surface area contributed by atoms with Gasteiger partial charge in [0, 0.05) is 12.4 Å². The van der Waals surface area contributed by atoms with Gasteiger partial charge in [0.1, 0.15) is 5.25 Å². The van der Waals surface area contributed by atoms with E-state index < -0.39 is 33.7 Å². The topological polar surface area (TPSA) is 197 Å². The number of carboxylic acid groups (broad SMARTS) is 2. The Hall–Kier alpha value is -1.23. The molecule has 1 atom stereocenters. The van der Waals surface area contributed by atoms with Gasteiger partial charge in [0.05, 0.1) is 12.6 Å². The SMILES string of the molecule is CCCCCCCCCCCCOS(=O)(=O)C(CC(=O)[O-])C(=O)[O-].[NH4+].[NH4+]. The first-order valence-corrected chi connectivity index (χ1v) is 10.1. The van der Waals surface area contributed by atoms with Crippen LogP contribution in [0.4, 0.5) is 0 Å². The molecule has 0 aliphatic carbocycles. The quantitative estimate of drug-likeness (QED) is 0.287. The summed E-state index contributed by atoms with van der Waals surface area (Å²) in [5.41, 5.74) is 0. The molecular formula is C16H36N2O7S. The van der Waals surface area contributed by atoms with Crippen molar-refractivity contribution in [2.24, 2.45) is 0 Å². The molecule has 0 fully saturated rings. The minimum atomic E-state index is -4.51. The van der Waals surface area contributed by atoms with Gasteiger partial charge in [0.15, 0.2) is 0 Å². The number of carbonyl (C=O) groups excluding carboxylic acids is 2. The lowest BCUT2D eigenvalue weighted by molar-refractivity contribution is -0.314. The van der Waals surface area contributed by atoms with Gasteiger partial charge in [-0.3, -0.25) is 4.18 Å². The molecule has 8 N–H and O–H groups in total. The lowest BCUT2D eigenvalue weighted by atomic mass is 10.1. The molecule has 0 amide bonds. The van der Waals surface area contributed by atoms with E-state index in [4.69, 9.17) is 0 Å². The molecule has 158 valence electrons. The maximum Gasteiger partial charge on any atom is 0.276 e. The van der Waals surface area contributed by atoms with Gasteiger partial charge in [-0.05, 0) is 6.42 Å². The second kappa shape index (κ2) is 17.2. The molecule has 0 aliphatic rings. The summed E-state index contributed by atoms with van der Waals surface area (Å²) in [6.07, 6.45) is 9.49. The van der Waals surface area contributed by atoms with Crippen LogP contribution in [0.2, 0.25) is 0 Å². The molecule has 9 nitrogen and oxygen atoms in total. The first-order chi connectivity index (χ1) is 11.3. The highest BCUT2D eigenvalue weighted by Crippen LogP contribution is 2.12. The molecule has 0 aromatic rings. The fourth-order valence-corrected chi connectivity index (χ4v) is 3.39. The smallest absolute Gasteiger partial charge is 0.276 e. The van der Waals surface area contributed by atoms with Crippen LogP contribution in [0, 0.1) is 0 Å². The van der Waals surface area contributed by atoms with Crippen LogP contribution in [0.5, 0.6) is 0 Å². The van der Waals surface area contributed by atoms with E-state index >= 15 is 0 Å². The fraction of sp³-hybridized carbons (Fsp3) is 0.875. The Morgan fingerprint density at radius 3 is 1.65 bits per heavy atom. The number of carbonyl (C=O) groups is 2. The van der Waals surface area contributed by atoms with Crippen molar-refractivity contribution in [3.8, 4) is 0 Å². The van der Waals surface area contributed by atoms with Crippen molar-refractivity contribution in [1.29, 1.82) is 0 Å². The Bertz CT molecular complexity index is 469. The maximum absolute atomic E-state index is 11.6. The van der Waals surface area contributed by atoms with E-state index in [0.717, 1.165) is 25.7 Å². The second-order valence-corrected chi connectivity index (χ2v) is 7.67. The van der Waals surface area contributed by atoms with Gasteiger partial charge in [-0.1, -0.05) is 64.7 Å². The molecule has 0 bridgehead atoms. The van der Waals surface area contributed by atoms with Crippen LogP contribution < -0.4 is 22.5 Å². The predicted octanol–water partition coefficient (Wildman–Crippen LogP) is 1.26. The van der Waals surface area contributed by atoms with Crippen LogP contribution in [-0.4, -0.2) is 32.2 Å². The number of quaternary nitrogens is 2. The molecule has 0 aromatic heterocycles. The van der Waals surface area contributed by atoms with Gasteiger partial charge < -0.3 is 32.1 Å². The minimum absolute atomic E-state index is 0. The molecule has 0 radical (unpaired) electrons. The van der Waals surface area contributed by atoms with Gasteiger partial charge in [0.25, 0.3) is 10.1 Å². The van der Waals surface area contributed by atoms with Crippen molar-refractivity contribution in [2.75, 3.05) is 6.61 Å². The normalized spacial score (nSPS) is 11.9. The number of aliphatic carboxylic acids is 2. The number of carboxylic acids is 2. The van der Waals surface area contributed by atoms with Crippen molar-refractivity contribution in [3.05, 3.63) is 0 Å². The number of hydrogen-bond donors (Lipinski definition) is 2. The molecule has 1 unspecified atom stereocenters. The molecule has 26 heavy (non-hydrogen) atoms. The summed E-state index contributed by atoms with van der Waals surface area (Å²) in [6.45, 7) is 2.02. The number of unbranched alkanes of at least 4 members (excludes halogenated alkanes) is 9. The largest absolute Gasteiger partial charge is 0.550 e. The van der Waals surface area contributed by atoms with Crippen molar-refractivity contribution in [1.82, 2.24) is 12.3 Å². The molecule has 0 aliphatic heterocycles. The summed E-state index contributed by atoms with van der Waals surface area (Å²) >= 11 is 0. The lowest BCUT2D eigenvalue weighted by Gasteiger charge is -2.18. The predicted molar refractivity (Wildman–Crippen MR) is 97.1 cm³/mol. The van der Waals surface area contributed by atoms with Gasteiger partial charge >= 0.3 is 0 Å².